The molecule has 1 unspecified atom stereocenters. The van der Waals surface area contributed by atoms with Crippen molar-refractivity contribution in [3.05, 3.63) is 18.3 Å². The smallest absolute Gasteiger partial charge is 0.128 e. The Hall–Kier alpha value is -1.29. The van der Waals surface area contributed by atoms with Crippen LogP contribution in [0.5, 0.6) is 0 Å². The van der Waals surface area contributed by atoms with Gasteiger partial charge in [-0.1, -0.05) is 0 Å². The van der Waals surface area contributed by atoms with Gasteiger partial charge < -0.3 is 15.5 Å². The molecule has 4 heteroatoms. The summed E-state index contributed by atoms with van der Waals surface area (Å²) in [5.74, 6) is 1.06. The summed E-state index contributed by atoms with van der Waals surface area (Å²) >= 11 is 0. The van der Waals surface area contributed by atoms with E-state index < -0.39 is 0 Å². The summed E-state index contributed by atoms with van der Waals surface area (Å²) < 4.78 is 0. The lowest BCUT2D eigenvalue weighted by atomic mass is 10.2. The van der Waals surface area contributed by atoms with Crippen molar-refractivity contribution < 1.29 is 0 Å². The predicted molar refractivity (Wildman–Crippen MR) is 77.3 cm³/mol. The summed E-state index contributed by atoms with van der Waals surface area (Å²) in [5, 5.41) is 6.93. The number of anilines is 2. The van der Waals surface area contributed by atoms with Crippen LogP contribution >= 0.6 is 0 Å². The molecule has 1 aliphatic heterocycles. The highest BCUT2D eigenvalue weighted by Gasteiger charge is 2.13. The summed E-state index contributed by atoms with van der Waals surface area (Å²) in [7, 11) is 0. The Morgan fingerprint density at radius 1 is 1.39 bits per heavy atom. The minimum Gasteiger partial charge on any atom is -0.382 e. The van der Waals surface area contributed by atoms with Crippen LogP contribution in [0.15, 0.2) is 18.3 Å². The maximum atomic E-state index is 4.51. The van der Waals surface area contributed by atoms with Crippen molar-refractivity contribution in [3.63, 3.8) is 0 Å². The van der Waals surface area contributed by atoms with Gasteiger partial charge in [-0.25, -0.2) is 4.98 Å². The lowest BCUT2D eigenvalue weighted by Gasteiger charge is -2.20. The van der Waals surface area contributed by atoms with E-state index in [1.165, 1.54) is 12.8 Å². The summed E-state index contributed by atoms with van der Waals surface area (Å²) in [5.41, 5.74) is 1.11. The van der Waals surface area contributed by atoms with Crippen LogP contribution in [0.2, 0.25) is 0 Å². The van der Waals surface area contributed by atoms with Gasteiger partial charge in [-0.3, -0.25) is 0 Å². The number of rotatable bonds is 6. The van der Waals surface area contributed by atoms with E-state index in [4.69, 9.17) is 0 Å². The van der Waals surface area contributed by atoms with Crippen molar-refractivity contribution in [2.45, 2.75) is 32.7 Å². The van der Waals surface area contributed by atoms with Crippen molar-refractivity contribution in [1.29, 1.82) is 0 Å². The zero-order valence-electron chi connectivity index (χ0n) is 11.4. The highest BCUT2D eigenvalue weighted by atomic mass is 15.2. The normalized spacial score (nSPS) is 18.9. The summed E-state index contributed by atoms with van der Waals surface area (Å²) in [6.07, 6.45) is 4.51. The Labute approximate surface area is 110 Å². The number of pyridine rings is 1. The largest absolute Gasteiger partial charge is 0.382 e. The van der Waals surface area contributed by atoms with Crippen LogP contribution in [0.1, 0.15) is 26.7 Å². The monoisotopic (exact) mass is 248 g/mol. The number of nitrogens with zero attached hydrogens (tertiary/aromatic N) is 2. The Morgan fingerprint density at radius 3 is 2.78 bits per heavy atom. The molecule has 2 N–H and O–H groups in total. The number of hydrogen-bond acceptors (Lipinski definition) is 4. The van der Waals surface area contributed by atoms with Crippen LogP contribution < -0.4 is 15.5 Å². The van der Waals surface area contributed by atoms with Gasteiger partial charge in [0.15, 0.2) is 0 Å². The first-order valence-electron chi connectivity index (χ1n) is 7.01. The molecule has 0 radical (unpaired) electrons. The number of hydrogen-bond donors (Lipinski definition) is 2. The Balaban J connectivity index is 1.86. The average molecular weight is 248 g/mol. The molecule has 1 aromatic rings. The molecule has 1 aromatic heterocycles. The lowest BCUT2D eigenvalue weighted by Crippen LogP contribution is -2.29. The highest BCUT2D eigenvalue weighted by molar-refractivity contribution is 5.48. The molecule has 1 aliphatic rings. The molecule has 2 rings (SSSR count). The maximum absolute atomic E-state index is 4.51. The third-order valence-electron chi connectivity index (χ3n) is 3.55. The van der Waals surface area contributed by atoms with Gasteiger partial charge in [0, 0.05) is 25.7 Å². The standard InChI is InChI=1S/C14H24N4/c1-3-18(4-2)14-8-7-13(11-17-14)16-10-12-6-5-9-15-12/h7-8,11-12,15-16H,3-6,9-10H2,1-2H3. The molecule has 1 atom stereocenters. The summed E-state index contributed by atoms with van der Waals surface area (Å²) in [6.45, 7) is 8.47. The van der Waals surface area contributed by atoms with E-state index in [9.17, 15) is 0 Å². The molecule has 4 nitrogen and oxygen atoms in total. The third kappa shape index (κ3) is 3.35. The molecule has 0 bridgehead atoms. The summed E-state index contributed by atoms with van der Waals surface area (Å²) in [6, 6.07) is 4.83. The highest BCUT2D eigenvalue weighted by Crippen LogP contribution is 2.14. The SMILES string of the molecule is CCN(CC)c1ccc(NCC2CCCN2)cn1. The molecule has 0 amide bonds. The van der Waals surface area contributed by atoms with E-state index in [2.05, 4.69) is 46.5 Å². The van der Waals surface area contributed by atoms with Crippen molar-refractivity contribution in [2.24, 2.45) is 0 Å². The van der Waals surface area contributed by atoms with Gasteiger partial charge in [-0.2, -0.15) is 0 Å². The van der Waals surface area contributed by atoms with Crippen LogP contribution in [0.4, 0.5) is 11.5 Å². The maximum Gasteiger partial charge on any atom is 0.128 e. The van der Waals surface area contributed by atoms with E-state index >= 15 is 0 Å². The van der Waals surface area contributed by atoms with Crippen LogP contribution in [0, 0.1) is 0 Å². The third-order valence-corrected chi connectivity index (χ3v) is 3.55. The molecule has 0 saturated carbocycles. The van der Waals surface area contributed by atoms with E-state index in [1.807, 2.05) is 6.20 Å². The molecule has 1 fully saturated rings. The zero-order chi connectivity index (χ0) is 12.8. The fraction of sp³-hybridized carbons (Fsp3) is 0.643. The van der Waals surface area contributed by atoms with Gasteiger partial charge in [0.2, 0.25) is 0 Å². The first-order valence-corrected chi connectivity index (χ1v) is 7.01. The minimum atomic E-state index is 0.618. The van der Waals surface area contributed by atoms with E-state index in [0.29, 0.717) is 6.04 Å². The van der Waals surface area contributed by atoms with E-state index in [1.54, 1.807) is 0 Å². The van der Waals surface area contributed by atoms with Gasteiger partial charge in [-0.05, 0) is 45.4 Å². The second-order valence-corrected chi connectivity index (χ2v) is 4.75. The summed E-state index contributed by atoms with van der Waals surface area (Å²) in [4.78, 5) is 6.76. The molecule has 0 aliphatic carbocycles. The van der Waals surface area contributed by atoms with Gasteiger partial charge in [-0.15, -0.1) is 0 Å². The molecular weight excluding hydrogens is 224 g/mol. The van der Waals surface area contributed by atoms with E-state index in [-0.39, 0.29) is 0 Å². The molecule has 100 valence electrons. The Bertz CT molecular complexity index is 339. The second-order valence-electron chi connectivity index (χ2n) is 4.75. The van der Waals surface area contributed by atoms with Crippen LogP contribution in [0.25, 0.3) is 0 Å². The van der Waals surface area contributed by atoms with Gasteiger partial charge in [0.05, 0.1) is 11.9 Å². The van der Waals surface area contributed by atoms with Gasteiger partial charge in [0.25, 0.3) is 0 Å². The Morgan fingerprint density at radius 2 is 2.22 bits per heavy atom. The molecule has 1 saturated heterocycles. The molecule has 18 heavy (non-hydrogen) atoms. The zero-order valence-corrected chi connectivity index (χ0v) is 11.4. The van der Waals surface area contributed by atoms with Crippen molar-refractivity contribution in [2.75, 3.05) is 36.4 Å². The van der Waals surface area contributed by atoms with Crippen molar-refractivity contribution in [3.8, 4) is 0 Å². The lowest BCUT2D eigenvalue weighted by molar-refractivity contribution is 0.633. The fourth-order valence-electron chi connectivity index (χ4n) is 2.40. The van der Waals surface area contributed by atoms with Gasteiger partial charge >= 0.3 is 0 Å². The molecule has 0 spiro atoms. The molecular formula is C14H24N4. The fourth-order valence-corrected chi connectivity index (χ4v) is 2.40. The second kappa shape index (κ2) is 6.59. The quantitative estimate of drug-likeness (QED) is 0.809. The molecule has 2 heterocycles. The van der Waals surface area contributed by atoms with E-state index in [0.717, 1.165) is 37.7 Å². The van der Waals surface area contributed by atoms with Crippen LogP contribution in [0.3, 0.4) is 0 Å². The number of nitrogens with one attached hydrogen (secondary N) is 2. The van der Waals surface area contributed by atoms with Crippen LogP contribution in [-0.4, -0.2) is 37.2 Å². The van der Waals surface area contributed by atoms with Crippen LogP contribution in [-0.2, 0) is 0 Å². The Kier molecular flexibility index (Phi) is 4.81. The first-order chi connectivity index (χ1) is 8.83. The minimum absolute atomic E-state index is 0.618. The van der Waals surface area contributed by atoms with Crippen molar-refractivity contribution >= 4 is 11.5 Å². The topological polar surface area (TPSA) is 40.2 Å². The molecule has 0 aromatic carbocycles. The number of aromatic nitrogens is 1. The van der Waals surface area contributed by atoms with Crippen molar-refractivity contribution in [1.82, 2.24) is 10.3 Å². The first kappa shape index (κ1) is 13.1. The predicted octanol–water partition coefficient (Wildman–Crippen LogP) is 2.09. The van der Waals surface area contributed by atoms with Gasteiger partial charge in [0.1, 0.15) is 5.82 Å². The average Bonchev–Trinajstić information content (AvgIpc) is 2.92.